The first-order chi connectivity index (χ1) is 12.8. The number of aliphatic hydroxyl groups is 1. The van der Waals surface area contributed by atoms with Crippen molar-refractivity contribution in [3.8, 4) is 0 Å². The molecule has 1 saturated heterocycles. The van der Waals surface area contributed by atoms with Gasteiger partial charge in [-0.1, -0.05) is 78.9 Å². The van der Waals surface area contributed by atoms with Crippen molar-refractivity contribution in [3.05, 3.63) is 102 Å². The average molecular weight is 361 g/mol. The molecule has 3 aromatic rings. The molecule has 0 saturated carbocycles. The molecule has 0 aliphatic carbocycles. The van der Waals surface area contributed by atoms with Crippen molar-refractivity contribution in [1.29, 1.82) is 0 Å². The van der Waals surface area contributed by atoms with Crippen LogP contribution in [0.4, 0.5) is 5.69 Å². The van der Waals surface area contributed by atoms with Gasteiger partial charge in [0.15, 0.2) is 0 Å². The van der Waals surface area contributed by atoms with Crippen molar-refractivity contribution < 1.29 is 9.90 Å². The van der Waals surface area contributed by atoms with Crippen LogP contribution in [0.15, 0.2) is 91.0 Å². The highest BCUT2D eigenvalue weighted by Crippen LogP contribution is 2.48. The van der Waals surface area contributed by atoms with Gasteiger partial charge in [-0.05, 0) is 23.3 Å². The Hall–Kier alpha value is -2.56. The van der Waals surface area contributed by atoms with Gasteiger partial charge in [0.2, 0.25) is 5.91 Å². The number of benzene rings is 3. The molecular weight excluding hydrogens is 342 g/mol. The quantitative estimate of drug-likeness (QED) is 0.740. The van der Waals surface area contributed by atoms with Gasteiger partial charge in [0.05, 0.1) is 6.10 Å². The minimum absolute atomic E-state index is 0.0635. The Balaban J connectivity index is 1.72. The predicted octanol–water partition coefficient (Wildman–Crippen LogP) is 4.57. The maximum Gasteiger partial charge on any atom is 0.244 e. The number of thioether (sulfide) groups is 1. The molecule has 1 heterocycles. The molecule has 0 spiro atoms. The van der Waals surface area contributed by atoms with Crippen LogP contribution in [-0.4, -0.2) is 16.3 Å². The molecule has 0 radical (unpaired) electrons. The number of para-hydroxylation sites is 1. The van der Waals surface area contributed by atoms with E-state index in [1.54, 1.807) is 4.90 Å². The second-order valence-corrected chi connectivity index (χ2v) is 7.45. The molecule has 1 aliphatic rings. The molecule has 1 amide bonds. The summed E-state index contributed by atoms with van der Waals surface area (Å²) in [7, 11) is 0. The summed E-state index contributed by atoms with van der Waals surface area (Å²) >= 11 is 1.50. The molecule has 4 heteroatoms. The van der Waals surface area contributed by atoms with Crippen LogP contribution in [-0.2, 0) is 4.79 Å². The number of hydrogen-bond acceptors (Lipinski definition) is 3. The summed E-state index contributed by atoms with van der Waals surface area (Å²) in [6, 6.07) is 29.0. The van der Waals surface area contributed by atoms with Crippen LogP contribution in [0.1, 0.15) is 22.6 Å². The molecule has 1 fully saturated rings. The van der Waals surface area contributed by atoms with Gasteiger partial charge in [-0.25, -0.2) is 0 Å². The number of hydrogen-bond donors (Lipinski definition) is 1. The molecule has 26 heavy (non-hydrogen) atoms. The summed E-state index contributed by atoms with van der Waals surface area (Å²) < 4.78 is 0. The van der Waals surface area contributed by atoms with Gasteiger partial charge in [-0.15, -0.1) is 11.8 Å². The highest BCUT2D eigenvalue weighted by molar-refractivity contribution is 8.01. The number of carbonyl (C=O) groups excluding carboxylic acids is 1. The summed E-state index contributed by atoms with van der Waals surface area (Å²) in [5, 5.41) is 10.2. The lowest BCUT2D eigenvalue weighted by molar-refractivity contribution is -0.119. The van der Waals surface area contributed by atoms with Crippen LogP contribution in [0.25, 0.3) is 0 Å². The molecule has 0 bridgehead atoms. The van der Waals surface area contributed by atoms with E-state index in [0.717, 1.165) is 16.8 Å². The van der Waals surface area contributed by atoms with E-state index in [9.17, 15) is 9.90 Å². The minimum Gasteiger partial charge on any atom is -0.387 e. The standard InChI is InChI=1S/C22H19NO2S/c24-19(16-10-4-1-5-11-16)20-21(25)23(18-14-8-3-9-15-18)22(26-20)17-12-6-2-7-13-17/h1-15,19-20,22,24H. The fourth-order valence-corrected chi connectivity index (χ4v) is 4.72. The molecule has 3 nitrogen and oxygen atoms in total. The zero-order valence-electron chi connectivity index (χ0n) is 14.1. The van der Waals surface area contributed by atoms with E-state index >= 15 is 0 Å². The van der Waals surface area contributed by atoms with Crippen LogP contribution in [0.3, 0.4) is 0 Å². The Morgan fingerprint density at radius 2 is 1.35 bits per heavy atom. The largest absolute Gasteiger partial charge is 0.387 e. The number of rotatable bonds is 4. The first kappa shape index (κ1) is 16.9. The normalized spacial score (nSPS) is 21.0. The lowest BCUT2D eigenvalue weighted by atomic mass is 10.1. The van der Waals surface area contributed by atoms with E-state index in [-0.39, 0.29) is 11.3 Å². The van der Waals surface area contributed by atoms with Crippen LogP contribution in [0.5, 0.6) is 0 Å². The highest BCUT2D eigenvalue weighted by Gasteiger charge is 2.45. The van der Waals surface area contributed by atoms with E-state index < -0.39 is 11.4 Å². The summed E-state index contributed by atoms with van der Waals surface area (Å²) in [4.78, 5) is 15.1. The third-order valence-electron chi connectivity index (χ3n) is 4.54. The Bertz CT molecular complexity index is 870. The molecule has 130 valence electrons. The molecule has 3 unspecified atom stereocenters. The second kappa shape index (κ2) is 7.36. The Kier molecular flexibility index (Phi) is 4.78. The van der Waals surface area contributed by atoms with E-state index in [0.29, 0.717) is 0 Å². The number of anilines is 1. The number of aliphatic hydroxyl groups excluding tert-OH is 1. The lowest BCUT2D eigenvalue weighted by Gasteiger charge is -2.24. The Morgan fingerprint density at radius 3 is 1.96 bits per heavy atom. The van der Waals surface area contributed by atoms with Crippen LogP contribution in [0, 0.1) is 0 Å². The molecule has 1 aliphatic heterocycles. The fraction of sp³-hybridized carbons (Fsp3) is 0.136. The maximum absolute atomic E-state index is 13.2. The zero-order valence-corrected chi connectivity index (χ0v) is 14.9. The van der Waals surface area contributed by atoms with Gasteiger partial charge in [0, 0.05) is 5.69 Å². The molecular formula is C22H19NO2S. The van der Waals surface area contributed by atoms with Gasteiger partial charge in [0.1, 0.15) is 10.6 Å². The van der Waals surface area contributed by atoms with Crippen molar-refractivity contribution >= 4 is 23.4 Å². The third kappa shape index (κ3) is 3.14. The predicted molar refractivity (Wildman–Crippen MR) is 106 cm³/mol. The molecule has 0 aromatic heterocycles. The summed E-state index contributed by atoms with van der Waals surface area (Å²) in [6.07, 6.45) is -0.839. The number of carbonyl (C=O) groups is 1. The van der Waals surface area contributed by atoms with E-state index in [1.165, 1.54) is 11.8 Å². The van der Waals surface area contributed by atoms with E-state index in [1.807, 2.05) is 91.0 Å². The van der Waals surface area contributed by atoms with Crippen LogP contribution < -0.4 is 4.90 Å². The van der Waals surface area contributed by atoms with Gasteiger partial charge in [-0.2, -0.15) is 0 Å². The lowest BCUT2D eigenvalue weighted by Crippen LogP contribution is -2.33. The van der Waals surface area contributed by atoms with Gasteiger partial charge in [0.25, 0.3) is 0 Å². The zero-order chi connectivity index (χ0) is 17.9. The number of amides is 1. The SMILES string of the molecule is O=C1C(C(O)c2ccccc2)SC(c2ccccc2)N1c1ccccc1. The summed E-state index contributed by atoms with van der Waals surface area (Å²) in [5.74, 6) is -0.0635. The monoisotopic (exact) mass is 361 g/mol. The number of nitrogens with zero attached hydrogens (tertiary/aromatic N) is 1. The van der Waals surface area contributed by atoms with Crippen molar-refractivity contribution in [2.75, 3.05) is 4.90 Å². The molecule has 4 rings (SSSR count). The van der Waals surface area contributed by atoms with Crippen molar-refractivity contribution in [3.63, 3.8) is 0 Å². The smallest absolute Gasteiger partial charge is 0.244 e. The van der Waals surface area contributed by atoms with E-state index in [2.05, 4.69) is 0 Å². The highest BCUT2D eigenvalue weighted by atomic mass is 32.2. The van der Waals surface area contributed by atoms with Crippen molar-refractivity contribution in [1.82, 2.24) is 0 Å². The molecule has 1 N–H and O–H groups in total. The maximum atomic E-state index is 13.2. The third-order valence-corrected chi connectivity index (χ3v) is 6.03. The summed E-state index contributed by atoms with van der Waals surface area (Å²) in [6.45, 7) is 0. The van der Waals surface area contributed by atoms with Crippen molar-refractivity contribution in [2.45, 2.75) is 16.7 Å². The van der Waals surface area contributed by atoms with E-state index in [4.69, 9.17) is 0 Å². The van der Waals surface area contributed by atoms with Crippen LogP contribution in [0.2, 0.25) is 0 Å². The molecule has 3 atom stereocenters. The topological polar surface area (TPSA) is 40.5 Å². The van der Waals surface area contributed by atoms with Gasteiger partial charge in [-0.3, -0.25) is 9.69 Å². The minimum atomic E-state index is -0.839. The second-order valence-electron chi connectivity index (χ2n) is 6.22. The first-order valence-corrected chi connectivity index (χ1v) is 9.51. The van der Waals surface area contributed by atoms with Gasteiger partial charge < -0.3 is 5.11 Å². The molecule has 3 aromatic carbocycles. The van der Waals surface area contributed by atoms with Crippen molar-refractivity contribution in [2.24, 2.45) is 0 Å². The Labute approximate surface area is 157 Å². The average Bonchev–Trinajstić information content (AvgIpc) is 3.06. The van der Waals surface area contributed by atoms with Gasteiger partial charge >= 0.3 is 0 Å². The first-order valence-electron chi connectivity index (χ1n) is 8.57. The fourth-order valence-electron chi connectivity index (χ4n) is 3.24. The van der Waals surface area contributed by atoms with Crippen LogP contribution >= 0.6 is 11.8 Å². The Morgan fingerprint density at radius 1 is 0.808 bits per heavy atom. The summed E-state index contributed by atoms with van der Waals surface area (Å²) in [5.41, 5.74) is 2.67.